The van der Waals surface area contributed by atoms with E-state index in [-0.39, 0.29) is 35.6 Å². The van der Waals surface area contributed by atoms with Crippen molar-refractivity contribution in [2.75, 3.05) is 6.61 Å². The summed E-state index contributed by atoms with van der Waals surface area (Å²) in [5.41, 5.74) is 0.833. The van der Waals surface area contributed by atoms with E-state index in [1.54, 1.807) is 31.2 Å². The third-order valence-electron chi connectivity index (χ3n) is 3.54. The van der Waals surface area contributed by atoms with Crippen molar-refractivity contribution >= 4 is 51.6 Å². The molecule has 2 aromatic heterocycles. The van der Waals surface area contributed by atoms with Crippen LogP contribution in [0.5, 0.6) is 5.88 Å². The lowest BCUT2D eigenvalue weighted by Crippen LogP contribution is -2.12. The van der Waals surface area contributed by atoms with E-state index < -0.39 is 5.97 Å². The Labute approximate surface area is 158 Å². The zero-order chi connectivity index (χ0) is 18.7. The Kier molecular flexibility index (Phi) is 5.39. The molecule has 7 nitrogen and oxygen atoms in total. The Balaban J connectivity index is 2.04. The highest BCUT2D eigenvalue weighted by molar-refractivity contribution is 6.35. The van der Waals surface area contributed by atoms with Gasteiger partial charge < -0.3 is 9.84 Å². The van der Waals surface area contributed by atoms with Crippen molar-refractivity contribution in [3.63, 3.8) is 0 Å². The first-order valence-corrected chi connectivity index (χ1v) is 8.45. The fourth-order valence-electron chi connectivity index (χ4n) is 2.44. The number of carbonyl (C=O) groups is 1. The van der Waals surface area contributed by atoms with Crippen LogP contribution in [0, 0.1) is 0 Å². The highest BCUT2D eigenvalue weighted by Gasteiger charge is 2.19. The van der Waals surface area contributed by atoms with Gasteiger partial charge in [-0.05, 0) is 19.1 Å². The molecule has 0 radical (unpaired) electrons. The number of carbonyl (C=O) groups excluding carboxylic acids is 1. The molecule has 134 valence electrons. The highest BCUT2D eigenvalue weighted by Crippen LogP contribution is 2.39. The number of halogens is 2. The number of nitrogens with zero attached hydrogens (tertiary/aromatic N) is 4. The van der Waals surface area contributed by atoms with Crippen molar-refractivity contribution in [1.29, 1.82) is 0 Å². The summed E-state index contributed by atoms with van der Waals surface area (Å²) in [4.78, 5) is 15.8. The second kappa shape index (κ2) is 7.72. The molecule has 1 N–H and O–H groups in total. The Hall–Kier alpha value is -2.64. The van der Waals surface area contributed by atoms with Crippen LogP contribution in [0.25, 0.3) is 10.9 Å². The van der Waals surface area contributed by atoms with Crippen LogP contribution >= 0.6 is 23.2 Å². The van der Waals surface area contributed by atoms with Gasteiger partial charge in [-0.1, -0.05) is 41.4 Å². The minimum atomic E-state index is -0.463. The first kappa shape index (κ1) is 18.2. The maximum absolute atomic E-state index is 11.8. The number of azo groups is 1. The van der Waals surface area contributed by atoms with Crippen LogP contribution in [0.4, 0.5) is 11.5 Å². The Morgan fingerprint density at radius 1 is 1.31 bits per heavy atom. The largest absolute Gasteiger partial charge is 0.493 e. The molecule has 26 heavy (non-hydrogen) atoms. The van der Waals surface area contributed by atoms with E-state index in [2.05, 4.69) is 15.2 Å². The monoisotopic (exact) mass is 392 g/mol. The standard InChI is InChI=1S/C17H14Cl2N4O3/c1-2-26-14(24)9-23-13-6-4-3-5-11(13)15(17(23)25)21-22-16-12(19)7-10(18)8-20-16/h3-8,25H,2,9H2,1H3. The third kappa shape index (κ3) is 3.63. The second-order valence-electron chi connectivity index (χ2n) is 5.24. The van der Waals surface area contributed by atoms with Gasteiger partial charge in [-0.2, -0.15) is 0 Å². The van der Waals surface area contributed by atoms with Crippen molar-refractivity contribution in [3.8, 4) is 5.88 Å². The Bertz CT molecular complexity index is 1000. The van der Waals surface area contributed by atoms with Crippen LogP contribution in [0.1, 0.15) is 6.92 Å². The third-order valence-corrected chi connectivity index (χ3v) is 4.03. The van der Waals surface area contributed by atoms with Crippen LogP contribution in [0.3, 0.4) is 0 Å². The van der Waals surface area contributed by atoms with Gasteiger partial charge in [0.1, 0.15) is 6.54 Å². The molecule has 3 aromatic rings. The summed E-state index contributed by atoms with van der Waals surface area (Å²) < 4.78 is 6.37. The highest BCUT2D eigenvalue weighted by atomic mass is 35.5. The van der Waals surface area contributed by atoms with E-state index >= 15 is 0 Å². The van der Waals surface area contributed by atoms with Gasteiger partial charge in [-0.15, -0.1) is 10.2 Å². The molecule has 0 saturated heterocycles. The van der Waals surface area contributed by atoms with Crippen molar-refractivity contribution in [2.24, 2.45) is 10.2 Å². The molecule has 2 heterocycles. The predicted molar refractivity (Wildman–Crippen MR) is 98.7 cm³/mol. The number of aromatic nitrogens is 2. The van der Waals surface area contributed by atoms with E-state index in [1.165, 1.54) is 16.8 Å². The predicted octanol–water partition coefficient (Wildman–Crippen LogP) is 5.03. The van der Waals surface area contributed by atoms with Gasteiger partial charge in [0.25, 0.3) is 0 Å². The number of hydrogen-bond acceptors (Lipinski definition) is 6. The summed E-state index contributed by atoms with van der Waals surface area (Å²) in [6.45, 7) is 1.83. The summed E-state index contributed by atoms with van der Waals surface area (Å²) in [5.74, 6) is -0.500. The maximum Gasteiger partial charge on any atom is 0.326 e. The summed E-state index contributed by atoms with van der Waals surface area (Å²) in [6.07, 6.45) is 1.39. The van der Waals surface area contributed by atoms with Crippen molar-refractivity contribution < 1.29 is 14.6 Å². The quantitative estimate of drug-likeness (QED) is 0.487. The fraction of sp³-hybridized carbons (Fsp3) is 0.176. The molecule has 0 amide bonds. The molecule has 0 aliphatic rings. The molecule has 0 atom stereocenters. The van der Waals surface area contributed by atoms with Gasteiger partial charge in [-0.3, -0.25) is 9.36 Å². The molecule has 9 heteroatoms. The number of benzene rings is 1. The Morgan fingerprint density at radius 3 is 2.81 bits per heavy atom. The molecule has 0 aliphatic heterocycles. The molecule has 0 bridgehead atoms. The maximum atomic E-state index is 11.8. The molecular weight excluding hydrogens is 379 g/mol. The second-order valence-corrected chi connectivity index (χ2v) is 6.08. The lowest BCUT2D eigenvalue weighted by Gasteiger charge is -2.06. The van der Waals surface area contributed by atoms with Crippen molar-refractivity contribution in [2.45, 2.75) is 13.5 Å². The number of pyridine rings is 1. The summed E-state index contributed by atoms with van der Waals surface area (Å²) in [5, 5.41) is 19.9. The molecule has 3 rings (SSSR count). The van der Waals surface area contributed by atoms with Crippen LogP contribution in [-0.2, 0) is 16.1 Å². The smallest absolute Gasteiger partial charge is 0.326 e. The van der Waals surface area contributed by atoms with Gasteiger partial charge in [0.15, 0.2) is 11.5 Å². The molecule has 0 unspecified atom stereocenters. The van der Waals surface area contributed by atoms with Crippen LogP contribution < -0.4 is 0 Å². The van der Waals surface area contributed by atoms with E-state index in [0.29, 0.717) is 15.9 Å². The van der Waals surface area contributed by atoms with Crippen molar-refractivity contribution in [1.82, 2.24) is 9.55 Å². The average molecular weight is 393 g/mol. The van der Waals surface area contributed by atoms with E-state index in [1.807, 2.05) is 0 Å². The van der Waals surface area contributed by atoms with Gasteiger partial charge in [0.05, 0.1) is 22.2 Å². The minimum absolute atomic E-state index is 0.143. The number of fused-ring (bicyclic) bond motifs is 1. The number of rotatable bonds is 5. The Morgan fingerprint density at radius 2 is 2.08 bits per heavy atom. The van der Waals surface area contributed by atoms with Crippen molar-refractivity contribution in [3.05, 3.63) is 46.6 Å². The molecule has 0 saturated carbocycles. The van der Waals surface area contributed by atoms with Gasteiger partial charge in [0, 0.05) is 11.6 Å². The number of ether oxygens (including phenoxy) is 1. The summed E-state index contributed by atoms with van der Waals surface area (Å²) in [7, 11) is 0. The van der Waals surface area contributed by atoms with Gasteiger partial charge in [-0.25, -0.2) is 4.98 Å². The summed E-state index contributed by atoms with van der Waals surface area (Å²) in [6, 6.07) is 8.61. The van der Waals surface area contributed by atoms with Crippen LogP contribution in [-0.4, -0.2) is 27.2 Å². The molecule has 0 spiro atoms. The number of esters is 1. The topological polar surface area (TPSA) is 89.1 Å². The van der Waals surface area contributed by atoms with Gasteiger partial charge >= 0.3 is 5.97 Å². The minimum Gasteiger partial charge on any atom is -0.493 e. The first-order chi connectivity index (χ1) is 12.5. The zero-order valence-corrected chi connectivity index (χ0v) is 15.2. The molecule has 0 aliphatic carbocycles. The molecule has 1 aromatic carbocycles. The summed E-state index contributed by atoms with van der Waals surface area (Å²) >= 11 is 11.8. The SMILES string of the molecule is CCOC(=O)Cn1c(O)c(N=Nc2ncc(Cl)cc2Cl)c2ccccc21. The average Bonchev–Trinajstić information content (AvgIpc) is 2.87. The molecule has 0 fully saturated rings. The van der Waals surface area contributed by atoms with E-state index in [9.17, 15) is 9.90 Å². The number of para-hydroxylation sites is 1. The molecular formula is C17H14Cl2N4O3. The lowest BCUT2D eigenvalue weighted by molar-refractivity contribution is -0.143. The zero-order valence-electron chi connectivity index (χ0n) is 13.7. The van der Waals surface area contributed by atoms with Gasteiger partial charge in [0.2, 0.25) is 5.88 Å². The normalized spacial score (nSPS) is 11.3. The van der Waals surface area contributed by atoms with Crippen LogP contribution in [0.15, 0.2) is 46.8 Å². The number of aromatic hydroxyl groups is 1. The lowest BCUT2D eigenvalue weighted by atomic mass is 10.2. The number of hydrogen-bond donors (Lipinski definition) is 1. The van der Waals surface area contributed by atoms with E-state index in [0.717, 1.165) is 0 Å². The van der Waals surface area contributed by atoms with E-state index in [4.69, 9.17) is 27.9 Å². The van der Waals surface area contributed by atoms with Crippen LogP contribution in [0.2, 0.25) is 10.0 Å². The fourth-order valence-corrected chi connectivity index (χ4v) is 2.86. The first-order valence-electron chi connectivity index (χ1n) is 7.69.